The minimum atomic E-state index is -1.03. The first kappa shape index (κ1) is 17.2. The van der Waals surface area contributed by atoms with Crippen LogP contribution in [0.15, 0.2) is 18.2 Å². The second kappa shape index (κ2) is 5.91. The fourth-order valence-corrected chi connectivity index (χ4v) is 6.29. The van der Waals surface area contributed by atoms with Crippen molar-refractivity contribution in [3.8, 4) is 17.0 Å². The predicted octanol–water partition coefficient (Wildman–Crippen LogP) is 3.80. The lowest BCUT2D eigenvalue weighted by molar-refractivity contribution is -0.116. The van der Waals surface area contributed by atoms with Crippen molar-refractivity contribution in [2.45, 2.75) is 56.7 Å². The summed E-state index contributed by atoms with van der Waals surface area (Å²) < 4.78 is 5.94. The molecule has 3 nitrogen and oxygen atoms in total. The van der Waals surface area contributed by atoms with Crippen molar-refractivity contribution in [3.63, 3.8) is 0 Å². The molecule has 3 aliphatic rings. The Balaban J connectivity index is 1.79. The number of hydrogen-bond donors (Lipinski definition) is 2. The van der Waals surface area contributed by atoms with Crippen molar-refractivity contribution in [1.29, 1.82) is 0 Å². The average Bonchev–Trinajstić information content (AvgIpc) is 2.85. The van der Waals surface area contributed by atoms with Crippen LogP contribution in [-0.4, -0.2) is 29.0 Å². The van der Waals surface area contributed by atoms with Gasteiger partial charge in [-0.1, -0.05) is 18.9 Å². The summed E-state index contributed by atoms with van der Waals surface area (Å²) in [6.45, 7) is 2.17. The molecule has 0 unspecified atom stereocenters. The molecule has 0 spiro atoms. The number of phenols is 1. The van der Waals surface area contributed by atoms with E-state index < -0.39 is 5.60 Å². The van der Waals surface area contributed by atoms with Gasteiger partial charge in [0.2, 0.25) is 0 Å². The summed E-state index contributed by atoms with van der Waals surface area (Å²) in [5, 5.41) is 23.5. The highest BCUT2D eigenvalue weighted by Gasteiger charge is 2.63. The number of methoxy groups -OCH3 is 1. The number of rotatable bonds is 1. The summed E-state index contributed by atoms with van der Waals surface area (Å²) in [6.07, 6.45) is 4.49. The van der Waals surface area contributed by atoms with Crippen molar-refractivity contribution < 1.29 is 14.9 Å². The SMILES string of the molecule is CO[C@H]1C[C@@]2(C)[C@@H](CC[C@@]2(O)C#CCl)[C@@H]2CCc3cc(O)ccc3[C@H]21. The zero-order valence-electron chi connectivity index (χ0n) is 14.8. The molecule has 2 N–H and O–H groups in total. The van der Waals surface area contributed by atoms with Gasteiger partial charge in [-0.05, 0) is 78.8 Å². The van der Waals surface area contributed by atoms with E-state index in [1.165, 1.54) is 11.1 Å². The molecule has 0 aliphatic heterocycles. The van der Waals surface area contributed by atoms with E-state index in [0.29, 0.717) is 29.9 Å². The number of aryl methyl sites for hydroxylation is 1. The first-order valence-electron chi connectivity index (χ1n) is 9.13. The Kier molecular flexibility index (Phi) is 4.07. The van der Waals surface area contributed by atoms with E-state index in [4.69, 9.17) is 16.3 Å². The monoisotopic (exact) mass is 360 g/mol. The Bertz CT molecular complexity index is 751. The van der Waals surface area contributed by atoms with E-state index in [-0.39, 0.29) is 11.5 Å². The lowest BCUT2D eigenvalue weighted by Gasteiger charge is -2.54. The second-order valence-electron chi connectivity index (χ2n) is 8.23. The average molecular weight is 361 g/mol. The van der Waals surface area contributed by atoms with Gasteiger partial charge in [0.25, 0.3) is 0 Å². The van der Waals surface area contributed by atoms with Crippen LogP contribution in [0.25, 0.3) is 0 Å². The van der Waals surface area contributed by atoms with Crippen LogP contribution in [0.3, 0.4) is 0 Å². The van der Waals surface area contributed by atoms with E-state index in [9.17, 15) is 10.2 Å². The van der Waals surface area contributed by atoms with Crippen molar-refractivity contribution >= 4 is 11.6 Å². The van der Waals surface area contributed by atoms with Crippen LogP contribution in [0.2, 0.25) is 0 Å². The highest BCUT2D eigenvalue weighted by Crippen LogP contribution is 2.64. The Labute approximate surface area is 154 Å². The lowest BCUT2D eigenvalue weighted by atomic mass is 9.52. The maximum absolute atomic E-state index is 11.2. The van der Waals surface area contributed by atoms with Crippen LogP contribution >= 0.6 is 11.6 Å². The first-order chi connectivity index (χ1) is 11.9. The molecule has 3 aliphatic carbocycles. The van der Waals surface area contributed by atoms with Gasteiger partial charge in [0.15, 0.2) is 0 Å². The van der Waals surface area contributed by atoms with Crippen LogP contribution in [0.4, 0.5) is 0 Å². The smallest absolute Gasteiger partial charge is 0.132 e. The molecule has 2 saturated carbocycles. The highest BCUT2D eigenvalue weighted by atomic mass is 35.5. The van der Waals surface area contributed by atoms with Gasteiger partial charge in [-0.15, -0.1) is 0 Å². The van der Waals surface area contributed by atoms with Gasteiger partial charge in [0.05, 0.1) is 6.10 Å². The Morgan fingerprint density at radius 1 is 1.32 bits per heavy atom. The van der Waals surface area contributed by atoms with E-state index in [2.05, 4.69) is 24.3 Å². The van der Waals surface area contributed by atoms with Gasteiger partial charge in [-0.3, -0.25) is 0 Å². The zero-order valence-corrected chi connectivity index (χ0v) is 15.5. The quantitative estimate of drug-likeness (QED) is 0.749. The molecule has 2 fully saturated rings. The number of halogens is 1. The molecule has 0 heterocycles. The number of fused-ring (bicyclic) bond motifs is 5. The Morgan fingerprint density at radius 3 is 2.84 bits per heavy atom. The number of phenolic OH excluding ortho intramolecular Hbond substituents is 1. The van der Waals surface area contributed by atoms with Gasteiger partial charge in [-0.2, -0.15) is 0 Å². The molecule has 0 aromatic heterocycles. The van der Waals surface area contributed by atoms with E-state index in [0.717, 1.165) is 25.7 Å². The summed E-state index contributed by atoms with van der Waals surface area (Å²) in [5.41, 5.74) is 1.21. The first-order valence-corrected chi connectivity index (χ1v) is 9.51. The molecule has 1 aromatic carbocycles. The summed E-state index contributed by atoms with van der Waals surface area (Å²) in [5.74, 6) is 4.44. The fraction of sp³-hybridized carbons (Fsp3) is 0.619. The van der Waals surface area contributed by atoms with E-state index in [1.54, 1.807) is 13.2 Å². The van der Waals surface area contributed by atoms with E-state index >= 15 is 0 Å². The minimum absolute atomic E-state index is 0.0385. The standard InChI is InChI=1S/C21H25ClO3/c1-20-12-18(25-2)19-15-6-4-14(23)11-13(15)3-5-16(19)17(20)7-8-21(20,24)9-10-22/h4,6,11,16-19,23-24H,3,5,7-8,12H2,1-2H3/t16-,17-,18-,19+,20-,21+/m0/s1. The number of aromatic hydroxyl groups is 1. The molecule has 0 radical (unpaired) electrons. The Hall–Kier alpha value is -1.21. The normalized spacial score (nSPS) is 41.9. The number of ether oxygens (including phenoxy) is 1. The highest BCUT2D eigenvalue weighted by molar-refractivity contribution is 6.30. The molecule has 0 saturated heterocycles. The fourth-order valence-electron chi connectivity index (χ4n) is 6.13. The Morgan fingerprint density at radius 2 is 2.12 bits per heavy atom. The van der Waals surface area contributed by atoms with Crippen LogP contribution in [0, 0.1) is 28.6 Å². The molecule has 1 aromatic rings. The van der Waals surface area contributed by atoms with Gasteiger partial charge in [0, 0.05) is 23.8 Å². The molecule has 4 rings (SSSR count). The molecule has 6 atom stereocenters. The maximum Gasteiger partial charge on any atom is 0.132 e. The van der Waals surface area contributed by atoms with Gasteiger partial charge in [0.1, 0.15) is 11.4 Å². The van der Waals surface area contributed by atoms with E-state index in [1.807, 2.05) is 6.07 Å². The molecule has 4 heteroatoms. The third kappa shape index (κ3) is 2.35. The van der Waals surface area contributed by atoms with Crippen LogP contribution in [-0.2, 0) is 11.2 Å². The predicted molar refractivity (Wildman–Crippen MR) is 97.5 cm³/mol. The molecular weight excluding hydrogens is 336 g/mol. The summed E-state index contributed by atoms with van der Waals surface area (Å²) >= 11 is 5.68. The molecular formula is C21H25ClO3. The van der Waals surface area contributed by atoms with Crippen LogP contribution in [0.1, 0.15) is 49.7 Å². The minimum Gasteiger partial charge on any atom is -0.508 e. The molecule has 134 valence electrons. The molecule has 25 heavy (non-hydrogen) atoms. The molecule has 0 bridgehead atoms. The van der Waals surface area contributed by atoms with Gasteiger partial charge in [-0.25, -0.2) is 0 Å². The third-order valence-corrected chi connectivity index (χ3v) is 7.47. The maximum atomic E-state index is 11.2. The van der Waals surface area contributed by atoms with Crippen LogP contribution in [0.5, 0.6) is 5.75 Å². The third-order valence-electron chi connectivity index (χ3n) is 7.37. The largest absolute Gasteiger partial charge is 0.508 e. The number of benzene rings is 1. The molecule has 0 amide bonds. The van der Waals surface area contributed by atoms with Crippen molar-refractivity contribution in [2.75, 3.05) is 7.11 Å². The van der Waals surface area contributed by atoms with Crippen molar-refractivity contribution in [1.82, 2.24) is 0 Å². The number of aliphatic hydroxyl groups is 1. The summed E-state index contributed by atoms with van der Waals surface area (Å²) in [7, 11) is 1.77. The number of hydrogen-bond acceptors (Lipinski definition) is 3. The van der Waals surface area contributed by atoms with Crippen molar-refractivity contribution in [3.05, 3.63) is 29.3 Å². The van der Waals surface area contributed by atoms with Gasteiger partial charge >= 0.3 is 0 Å². The topological polar surface area (TPSA) is 49.7 Å². The van der Waals surface area contributed by atoms with Crippen molar-refractivity contribution in [2.24, 2.45) is 17.3 Å². The van der Waals surface area contributed by atoms with Crippen LogP contribution < -0.4 is 0 Å². The summed E-state index contributed by atoms with van der Waals surface area (Å²) in [6, 6.07) is 5.75. The second-order valence-corrected chi connectivity index (χ2v) is 8.42. The zero-order chi connectivity index (χ0) is 17.8. The van der Waals surface area contributed by atoms with Gasteiger partial charge < -0.3 is 14.9 Å². The summed E-state index contributed by atoms with van der Waals surface area (Å²) in [4.78, 5) is 0. The lowest BCUT2D eigenvalue weighted by Crippen LogP contribution is -2.54.